The lowest BCUT2D eigenvalue weighted by Gasteiger charge is -2.22. The molecule has 7 heteroatoms. The summed E-state index contributed by atoms with van der Waals surface area (Å²) in [5, 5.41) is 9.12. The SMILES string of the molecule is COc1ccc(NCCNC(=O)[C@H](Cc2ccc(OC(C)(C)C)cc2)NC(=O)c2cccc(C)c2)cc1. The van der Waals surface area contributed by atoms with Gasteiger partial charge in [-0.05, 0) is 81.8 Å². The number of carbonyl (C=O) groups excluding carboxylic acids is 2. The van der Waals surface area contributed by atoms with Gasteiger partial charge in [0.1, 0.15) is 23.1 Å². The number of rotatable bonds is 11. The molecule has 3 aromatic rings. The van der Waals surface area contributed by atoms with Gasteiger partial charge in [0.15, 0.2) is 0 Å². The molecular formula is C30H37N3O4. The molecule has 0 heterocycles. The van der Waals surface area contributed by atoms with Crippen molar-refractivity contribution in [3.05, 3.63) is 89.5 Å². The van der Waals surface area contributed by atoms with Crippen molar-refractivity contribution in [2.24, 2.45) is 0 Å². The molecule has 37 heavy (non-hydrogen) atoms. The first-order valence-electron chi connectivity index (χ1n) is 12.4. The quantitative estimate of drug-likeness (QED) is 0.329. The summed E-state index contributed by atoms with van der Waals surface area (Å²) in [4.78, 5) is 26.1. The lowest BCUT2D eigenvalue weighted by molar-refractivity contribution is -0.122. The van der Waals surface area contributed by atoms with Gasteiger partial charge in [0.05, 0.1) is 7.11 Å². The zero-order valence-corrected chi connectivity index (χ0v) is 22.3. The molecule has 1 atom stereocenters. The summed E-state index contributed by atoms with van der Waals surface area (Å²) in [6.45, 7) is 8.84. The molecule has 0 saturated carbocycles. The number of benzene rings is 3. The molecule has 3 N–H and O–H groups in total. The van der Waals surface area contributed by atoms with Crippen LogP contribution in [0.15, 0.2) is 72.8 Å². The Morgan fingerprint density at radius 1 is 0.892 bits per heavy atom. The van der Waals surface area contributed by atoms with E-state index in [-0.39, 0.29) is 17.4 Å². The minimum absolute atomic E-state index is 0.243. The molecule has 0 saturated heterocycles. The summed E-state index contributed by atoms with van der Waals surface area (Å²) in [6.07, 6.45) is 0.352. The predicted molar refractivity (Wildman–Crippen MR) is 147 cm³/mol. The number of aryl methyl sites for hydroxylation is 1. The topological polar surface area (TPSA) is 88.7 Å². The Hall–Kier alpha value is -4.00. The van der Waals surface area contributed by atoms with Crippen LogP contribution >= 0.6 is 0 Å². The summed E-state index contributed by atoms with van der Waals surface area (Å²) < 4.78 is 11.1. The second-order valence-electron chi connectivity index (χ2n) is 9.90. The van der Waals surface area contributed by atoms with Crippen molar-refractivity contribution < 1.29 is 19.1 Å². The van der Waals surface area contributed by atoms with E-state index >= 15 is 0 Å². The number of hydrogen-bond donors (Lipinski definition) is 3. The third kappa shape index (κ3) is 9.18. The number of hydrogen-bond acceptors (Lipinski definition) is 5. The molecule has 0 spiro atoms. The second kappa shape index (κ2) is 12.8. The normalized spacial score (nSPS) is 11.8. The molecule has 196 valence electrons. The smallest absolute Gasteiger partial charge is 0.251 e. The molecule has 0 unspecified atom stereocenters. The zero-order chi connectivity index (χ0) is 26.8. The lowest BCUT2D eigenvalue weighted by atomic mass is 10.0. The molecule has 2 amide bonds. The molecule has 0 aromatic heterocycles. The van der Waals surface area contributed by atoms with Gasteiger partial charge in [0.25, 0.3) is 5.91 Å². The van der Waals surface area contributed by atoms with E-state index in [9.17, 15) is 9.59 Å². The largest absolute Gasteiger partial charge is 0.497 e. The van der Waals surface area contributed by atoms with Gasteiger partial charge in [0.2, 0.25) is 5.91 Å². The Morgan fingerprint density at radius 2 is 1.57 bits per heavy atom. The highest BCUT2D eigenvalue weighted by atomic mass is 16.5. The first-order chi connectivity index (χ1) is 17.6. The highest BCUT2D eigenvalue weighted by Crippen LogP contribution is 2.19. The van der Waals surface area contributed by atoms with Gasteiger partial charge in [-0.1, -0.05) is 29.8 Å². The van der Waals surface area contributed by atoms with E-state index in [1.165, 1.54) is 0 Å². The van der Waals surface area contributed by atoms with Crippen LogP contribution in [-0.2, 0) is 11.2 Å². The van der Waals surface area contributed by atoms with Gasteiger partial charge in [-0.25, -0.2) is 0 Å². The van der Waals surface area contributed by atoms with Crippen LogP contribution < -0.4 is 25.4 Å². The van der Waals surface area contributed by atoms with Crippen molar-refractivity contribution in [3.8, 4) is 11.5 Å². The molecule has 0 aliphatic rings. The maximum atomic E-state index is 13.1. The average Bonchev–Trinajstić information content (AvgIpc) is 2.86. The fourth-order valence-electron chi connectivity index (χ4n) is 3.74. The molecular weight excluding hydrogens is 466 g/mol. The molecule has 7 nitrogen and oxygen atoms in total. The molecule has 3 rings (SSSR count). The van der Waals surface area contributed by atoms with Gasteiger partial charge in [-0.15, -0.1) is 0 Å². The Morgan fingerprint density at radius 3 is 2.19 bits per heavy atom. The number of ether oxygens (including phenoxy) is 2. The van der Waals surface area contributed by atoms with E-state index in [1.54, 1.807) is 13.2 Å². The number of carbonyl (C=O) groups is 2. The van der Waals surface area contributed by atoms with E-state index in [0.717, 1.165) is 28.3 Å². The third-order valence-corrected chi connectivity index (χ3v) is 5.53. The summed E-state index contributed by atoms with van der Waals surface area (Å²) in [6, 6.07) is 21.8. The van der Waals surface area contributed by atoms with E-state index in [2.05, 4.69) is 16.0 Å². The molecule has 3 aromatic carbocycles. The van der Waals surface area contributed by atoms with Crippen molar-refractivity contribution in [2.45, 2.75) is 45.8 Å². The van der Waals surface area contributed by atoms with Gasteiger partial charge in [-0.2, -0.15) is 0 Å². The fraction of sp³-hybridized carbons (Fsp3) is 0.333. The summed E-state index contributed by atoms with van der Waals surface area (Å²) in [5.41, 5.74) is 3.05. The number of nitrogens with one attached hydrogen (secondary N) is 3. The van der Waals surface area contributed by atoms with Crippen molar-refractivity contribution in [1.29, 1.82) is 0 Å². The lowest BCUT2D eigenvalue weighted by Crippen LogP contribution is -2.48. The maximum Gasteiger partial charge on any atom is 0.251 e. The first-order valence-corrected chi connectivity index (χ1v) is 12.4. The fourth-order valence-corrected chi connectivity index (χ4v) is 3.74. The van der Waals surface area contributed by atoms with Crippen LogP contribution in [0.2, 0.25) is 0 Å². The van der Waals surface area contributed by atoms with E-state index < -0.39 is 6.04 Å². The van der Waals surface area contributed by atoms with E-state index in [0.29, 0.717) is 25.1 Å². The summed E-state index contributed by atoms with van der Waals surface area (Å²) in [7, 11) is 1.63. The Balaban J connectivity index is 1.64. The molecule has 0 aliphatic heterocycles. The van der Waals surface area contributed by atoms with Crippen LogP contribution in [0.4, 0.5) is 5.69 Å². The highest BCUT2D eigenvalue weighted by molar-refractivity contribution is 5.97. The van der Waals surface area contributed by atoms with E-state index in [4.69, 9.17) is 9.47 Å². The van der Waals surface area contributed by atoms with Crippen LogP contribution in [0, 0.1) is 6.92 Å². The molecule has 0 aliphatic carbocycles. The minimum Gasteiger partial charge on any atom is -0.497 e. The second-order valence-corrected chi connectivity index (χ2v) is 9.90. The highest BCUT2D eigenvalue weighted by Gasteiger charge is 2.22. The van der Waals surface area contributed by atoms with Crippen molar-refractivity contribution in [2.75, 3.05) is 25.5 Å². The predicted octanol–water partition coefficient (Wildman–Crippen LogP) is 4.75. The van der Waals surface area contributed by atoms with E-state index in [1.807, 2.05) is 94.4 Å². The van der Waals surface area contributed by atoms with Crippen molar-refractivity contribution >= 4 is 17.5 Å². The average molecular weight is 504 g/mol. The molecule has 0 fully saturated rings. The molecule has 0 radical (unpaired) electrons. The summed E-state index contributed by atoms with van der Waals surface area (Å²) >= 11 is 0. The Bertz CT molecular complexity index is 1170. The number of amides is 2. The molecule has 0 bridgehead atoms. The van der Waals surface area contributed by atoms with Crippen LogP contribution in [-0.4, -0.2) is 43.7 Å². The minimum atomic E-state index is -0.733. The number of anilines is 1. The van der Waals surface area contributed by atoms with Gasteiger partial charge >= 0.3 is 0 Å². The van der Waals surface area contributed by atoms with Crippen LogP contribution in [0.1, 0.15) is 42.3 Å². The third-order valence-electron chi connectivity index (χ3n) is 5.53. The summed E-state index contributed by atoms with van der Waals surface area (Å²) in [5.74, 6) is 1.01. The number of methoxy groups -OCH3 is 1. The van der Waals surface area contributed by atoms with Gasteiger partial charge < -0.3 is 25.4 Å². The Kier molecular flexibility index (Phi) is 9.55. The Labute approximate surface area is 219 Å². The van der Waals surface area contributed by atoms with Crippen LogP contribution in [0.25, 0.3) is 0 Å². The van der Waals surface area contributed by atoms with Crippen LogP contribution in [0.5, 0.6) is 11.5 Å². The van der Waals surface area contributed by atoms with Crippen molar-refractivity contribution in [3.63, 3.8) is 0 Å². The van der Waals surface area contributed by atoms with Crippen molar-refractivity contribution in [1.82, 2.24) is 10.6 Å². The first kappa shape index (κ1) is 27.6. The maximum absolute atomic E-state index is 13.1. The van der Waals surface area contributed by atoms with Gasteiger partial charge in [-0.3, -0.25) is 9.59 Å². The standard InChI is InChI=1S/C30H37N3O4/c1-21-7-6-8-23(19-21)28(34)33-27(20-22-9-13-26(14-10-22)37-30(2,3)4)29(35)32-18-17-31-24-11-15-25(36-5)16-12-24/h6-16,19,27,31H,17-18,20H2,1-5H3,(H,32,35)(H,33,34)/t27-/m0/s1. The monoisotopic (exact) mass is 503 g/mol. The van der Waals surface area contributed by atoms with Gasteiger partial charge in [0, 0.05) is 30.8 Å². The van der Waals surface area contributed by atoms with Crippen LogP contribution in [0.3, 0.4) is 0 Å². The zero-order valence-electron chi connectivity index (χ0n) is 22.3.